The Hall–Kier alpha value is -4.08. The molecule has 0 radical (unpaired) electrons. The lowest BCUT2D eigenvalue weighted by Gasteiger charge is -2.10. The third-order valence-corrected chi connectivity index (χ3v) is 5.16. The number of nitriles is 1. The molecule has 0 aliphatic heterocycles. The van der Waals surface area contributed by atoms with E-state index in [2.05, 4.69) is 5.32 Å². The SMILES string of the molecule is Cc1ccc(C)c(NC(=O)/C(C#N)=C/c2ccc(OCc3ccc(C(=O)O)cc3)c(Cl)c2)c1. The summed E-state index contributed by atoms with van der Waals surface area (Å²) in [6.07, 6.45) is 1.46. The zero-order valence-electron chi connectivity index (χ0n) is 18.1. The monoisotopic (exact) mass is 460 g/mol. The topological polar surface area (TPSA) is 99.4 Å². The van der Waals surface area contributed by atoms with Crippen molar-refractivity contribution in [1.82, 2.24) is 0 Å². The summed E-state index contributed by atoms with van der Waals surface area (Å²) in [4.78, 5) is 23.5. The van der Waals surface area contributed by atoms with E-state index in [4.69, 9.17) is 21.4 Å². The maximum Gasteiger partial charge on any atom is 0.335 e. The van der Waals surface area contributed by atoms with Crippen LogP contribution in [0.15, 0.2) is 66.2 Å². The molecule has 0 fully saturated rings. The lowest BCUT2D eigenvalue weighted by Crippen LogP contribution is -2.14. The van der Waals surface area contributed by atoms with Crippen LogP contribution in [0.3, 0.4) is 0 Å². The lowest BCUT2D eigenvalue weighted by molar-refractivity contribution is -0.112. The Kier molecular flexibility index (Phi) is 7.50. The first kappa shape index (κ1) is 23.6. The van der Waals surface area contributed by atoms with Gasteiger partial charge in [-0.1, -0.05) is 41.9 Å². The summed E-state index contributed by atoms with van der Waals surface area (Å²) < 4.78 is 5.72. The van der Waals surface area contributed by atoms with Crippen molar-refractivity contribution in [1.29, 1.82) is 5.26 Å². The van der Waals surface area contributed by atoms with Gasteiger partial charge in [0.05, 0.1) is 10.6 Å². The van der Waals surface area contributed by atoms with Crippen molar-refractivity contribution >= 4 is 35.2 Å². The average Bonchev–Trinajstić information content (AvgIpc) is 2.79. The van der Waals surface area contributed by atoms with Gasteiger partial charge < -0.3 is 15.2 Å². The van der Waals surface area contributed by atoms with Gasteiger partial charge in [-0.25, -0.2) is 4.79 Å². The second kappa shape index (κ2) is 10.5. The normalized spacial score (nSPS) is 10.9. The number of anilines is 1. The van der Waals surface area contributed by atoms with Crippen molar-refractivity contribution < 1.29 is 19.4 Å². The molecule has 2 N–H and O–H groups in total. The first-order chi connectivity index (χ1) is 15.8. The number of nitrogens with one attached hydrogen (secondary N) is 1. The van der Waals surface area contributed by atoms with Crippen LogP contribution in [0.25, 0.3) is 6.08 Å². The average molecular weight is 461 g/mol. The zero-order chi connectivity index (χ0) is 24.0. The van der Waals surface area contributed by atoms with Crippen LogP contribution in [0.4, 0.5) is 5.69 Å². The van der Waals surface area contributed by atoms with Crippen LogP contribution >= 0.6 is 11.6 Å². The van der Waals surface area contributed by atoms with E-state index in [0.717, 1.165) is 16.7 Å². The molecule has 3 aromatic carbocycles. The summed E-state index contributed by atoms with van der Waals surface area (Å²) >= 11 is 6.32. The summed E-state index contributed by atoms with van der Waals surface area (Å²) in [5.41, 5.74) is 4.05. The highest BCUT2D eigenvalue weighted by atomic mass is 35.5. The van der Waals surface area contributed by atoms with E-state index in [0.29, 0.717) is 22.0 Å². The van der Waals surface area contributed by atoms with Gasteiger partial charge in [-0.05, 0) is 72.5 Å². The van der Waals surface area contributed by atoms with Crippen molar-refractivity contribution in [3.05, 3.63) is 99.1 Å². The van der Waals surface area contributed by atoms with Crippen LogP contribution in [-0.4, -0.2) is 17.0 Å². The van der Waals surface area contributed by atoms with Gasteiger partial charge in [-0.2, -0.15) is 5.26 Å². The Labute approximate surface area is 196 Å². The number of hydrogen-bond donors (Lipinski definition) is 2. The van der Waals surface area contributed by atoms with Crippen LogP contribution in [0.2, 0.25) is 5.02 Å². The van der Waals surface area contributed by atoms with E-state index >= 15 is 0 Å². The molecule has 3 aromatic rings. The van der Waals surface area contributed by atoms with E-state index in [-0.39, 0.29) is 17.7 Å². The van der Waals surface area contributed by atoms with Crippen LogP contribution in [0.1, 0.15) is 32.6 Å². The number of benzene rings is 3. The molecule has 166 valence electrons. The third-order valence-electron chi connectivity index (χ3n) is 4.87. The molecule has 0 saturated heterocycles. The number of aromatic carboxylic acids is 1. The number of hydrogen-bond acceptors (Lipinski definition) is 4. The Morgan fingerprint density at radius 1 is 1.09 bits per heavy atom. The molecule has 0 aromatic heterocycles. The quantitative estimate of drug-likeness (QED) is 0.344. The lowest BCUT2D eigenvalue weighted by atomic mass is 10.1. The minimum Gasteiger partial charge on any atom is -0.487 e. The Morgan fingerprint density at radius 3 is 2.45 bits per heavy atom. The van der Waals surface area contributed by atoms with Crippen LogP contribution in [-0.2, 0) is 11.4 Å². The molecule has 33 heavy (non-hydrogen) atoms. The smallest absolute Gasteiger partial charge is 0.335 e. The van der Waals surface area contributed by atoms with E-state index < -0.39 is 11.9 Å². The number of ether oxygens (including phenoxy) is 1. The minimum atomic E-state index is -0.992. The number of amides is 1. The summed E-state index contributed by atoms with van der Waals surface area (Å²) in [7, 11) is 0. The first-order valence-corrected chi connectivity index (χ1v) is 10.4. The highest BCUT2D eigenvalue weighted by Gasteiger charge is 2.12. The number of halogens is 1. The van der Waals surface area contributed by atoms with Gasteiger partial charge in [0.1, 0.15) is 24.0 Å². The van der Waals surface area contributed by atoms with E-state index in [1.807, 2.05) is 38.1 Å². The number of nitrogens with zero attached hydrogens (tertiary/aromatic N) is 1. The minimum absolute atomic E-state index is 0.0563. The van der Waals surface area contributed by atoms with Crippen LogP contribution in [0.5, 0.6) is 5.75 Å². The Bertz CT molecular complexity index is 1270. The maximum absolute atomic E-state index is 12.6. The largest absolute Gasteiger partial charge is 0.487 e. The fourth-order valence-corrected chi connectivity index (χ4v) is 3.25. The summed E-state index contributed by atoms with van der Waals surface area (Å²) in [5.74, 6) is -1.07. The molecular formula is C26H21ClN2O4. The summed E-state index contributed by atoms with van der Waals surface area (Å²) in [6, 6.07) is 18.9. The third kappa shape index (κ3) is 6.22. The second-order valence-corrected chi connectivity index (χ2v) is 7.83. The van der Waals surface area contributed by atoms with E-state index in [1.54, 1.807) is 30.3 Å². The molecule has 0 unspecified atom stereocenters. The fourth-order valence-electron chi connectivity index (χ4n) is 3.00. The number of carboxylic acid groups (broad SMARTS) is 1. The molecule has 3 rings (SSSR count). The van der Waals surface area contributed by atoms with E-state index in [1.165, 1.54) is 18.2 Å². The number of carbonyl (C=O) groups excluding carboxylic acids is 1. The van der Waals surface area contributed by atoms with Crippen molar-refractivity contribution in [3.8, 4) is 11.8 Å². The van der Waals surface area contributed by atoms with Gasteiger partial charge in [0.2, 0.25) is 0 Å². The summed E-state index contributed by atoms with van der Waals surface area (Å²) in [5, 5.41) is 21.5. The molecule has 0 bridgehead atoms. The fraction of sp³-hybridized carbons (Fsp3) is 0.115. The Balaban J connectivity index is 1.70. The molecule has 0 spiro atoms. The molecule has 6 nitrogen and oxygen atoms in total. The second-order valence-electron chi connectivity index (χ2n) is 7.42. The number of rotatable bonds is 7. The Morgan fingerprint density at radius 2 is 1.82 bits per heavy atom. The van der Waals surface area contributed by atoms with Crippen molar-refractivity contribution in [2.24, 2.45) is 0 Å². The molecule has 0 aliphatic carbocycles. The number of carboxylic acids is 1. The molecule has 1 amide bonds. The van der Waals surface area contributed by atoms with Gasteiger partial charge in [0, 0.05) is 5.69 Å². The molecular weight excluding hydrogens is 440 g/mol. The maximum atomic E-state index is 12.6. The van der Waals surface area contributed by atoms with Gasteiger partial charge in [0.25, 0.3) is 5.91 Å². The standard InChI is InChI=1S/C26H21ClN2O4/c1-16-3-4-17(2)23(11-16)29-25(30)21(14-28)12-19-7-10-24(22(27)13-19)33-15-18-5-8-20(9-6-18)26(31)32/h3-13H,15H2,1-2H3,(H,29,30)(H,31,32)/b21-12+. The molecule has 0 saturated carbocycles. The van der Waals surface area contributed by atoms with Gasteiger partial charge in [-0.3, -0.25) is 4.79 Å². The van der Waals surface area contributed by atoms with Gasteiger partial charge >= 0.3 is 5.97 Å². The first-order valence-electron chi connectivity index (χ1n) is 10.0. The highest BCUT2D eigenvalue weighted by molar-refractivity contribution is 6.32. The summed E-state index contributed by atoms with van der Waals surface area (Å²) in [6.45, 7) is 4.01. The molecule has 7 heteroatoms. The molecule has 0 heterocycles. The van der Waals surface area contributed by atoms with Gasteiger partial charge in [0.15, 0.2) is 0 Å². The predicted molar refractivity (Wildman–Crippen MR) is 127 cm³/mol. The molecule has 0 atom stereocenters. The van der Waals surface area contributed by atoms with Crippen molar-refractivity contribution in [2.75, 3.05) is 5.32 Å². The van der Waals surface area contributed by atoms with Crippen molar-refractivity contribution in [2.45, 2.75) is 20.5 Å². The van der Waals surface area contributed by atoms with Crippen molar-refractivity contribution in [3.63, 3.8) is 0 Å². The number of aryl methyl sites for hydroxylation is 2. The number of carbonyl (C=O) groups is 2. The van der Waals surface area contributed by atoms with E-state index in [9.17, 15) is 14.9 Å². The highest BCUT2D eigenvalue weighted by Crippen LogP contribution is 2.27. The van der Waals surface area contributed by atoms with Crippen LogP contribution < -0.4 is 10.1 Å². The zero-order valence-corrected chi connectivity index (χ0v) is 18.8. The predicted octanol–water partition coefficient (Wildman–Crippen LogP) is 5.78. The molecule has 0 aliphatic rings. The van der Waals surface area contributed by atoms with Crippen LogP contribution in [0, 0.1) is 25.2 Å². The van der Waals surface area contributed by atoms with Gasteiger partial charge in [-0.15, -0.1) is 0 Å².